The Kier molecular flexibility index (Phi) is 11.5. The van der Waals surface area contributed by atoms with Crippen LogP contribution in [0.15, 0.2) is 65.7 Å². The quantitative estimate of drug-likeness (QED) is 0.163. The number of hydrogen-bond acceptors (Lipinski definition) is 12. The van der Waals surface area contributed by atoms with Gasteiger partial charge in [-0.2, -0.15) is 0 Å². The van der Waals surface area contributed by atoms with E-state index in [1.165, 1.54) is 13.2 Å². The zero-order valence-electron chi connectivity index (χ0n) is 33.2. The molecule has 3 heterocycles. The maximum atomic E-state index is 14.6. The van der Waals surface area contributed by atoms with Crippen LogP contribution in [0.25, 0.3) is 0 Å². The number of hydrogen-bond donors (Lipinski definition) is 3. The summed E-state index contributed by atoms with van der Waals surface area (Å²) in [7, 11) is 1.48. The zero-order chi connectivity index (χ0) is 40.8. The molecule has 0 radical (unpaired) electrons. The third-order valence-corrected chi connectivity index (χ3v) is 13.3. The number of carboxylic acid groups (broad SMARTS) is 1. The highest BCUT2D eigenvalue weighted by atomic mass is 16.7. The normalized spacial score (nSPS) is 38.6. The maximum absolute atomic E-state index is 14.6. The molecule has 0 aromatic heterocycles. The predicted molar refractivity (Wildman–Crippen MR) is 204 cm³/mol. The highest BCUT2D eigenvalue weighted by Crippen LogP contribution is 2.55. The Morgan fingerprint density at radius 3 is 2.54 bits per heavy atom. The lowest BCUT2D eigenvalue weighted by Gasteiger charge is -2.51. The van der Waals surface area contributed by atoms with Crippen molar-refractivity contribution < 1.29 is 62.9 Å². The van der Waals surface area contributed by atoms with Crippen molar-refractivity contribution in [1.29, 1.82) is 0 Å². The van der Waals surface area contributed by atoms with Gasteiger partial charge < -0.3 is 43.7 Å². The van der Waals surface area contributed by atoms with E-state index in [4.69, 9.17) is 28.4 Å². The van der Waals surface area contributed by atoms with E-state index < -0.39 is 82.8 Å². The van der Waals surface area contributed by atoms with Gasteiger partial charge in [0, 0.05) is 30.3 Å². The van der Waals surface area contributed by atoms with Crippen molar-refractivity contribution in [3.63, 3.8) is 0 Å². The number of rotatable bonds is 6. The maximum Gasteiger partial charge on any atom is 0.379 e. The molecule has 1 aromatic rings. The first-order chi connectivity index (χ1) is 27.2. The van der Waals surface area contributed by atoms with Crippen LogP contribution in [0.4, 0.5) is 0 Å². The van der Waals surface area contributed by atoms with Crippen molar-refractivity contribution in [2.75, 3.05) is 7.11 Å². The van der Waals surface area contributed by atoms with Gasteiger partial charge in [-0.25, -0.2) is 14.4 Å². The highest BCUT2D eigenvalue weighted by Gasteiger charge is 2.60. The van der Waals surface area contributed by atoms with Gasteiger partial charge in [0.15, 0.2) is 23.8 Å². The van der Waals surface area contributed by atoms with E-state index >= 15 is 0 Å². The molecule has 6 aliphatic rings. The van der Waals surface area contributed by atoms with Crippen LogP contribution in [0.5, 0.6) is 5.75 Å². The first-order valence-corrected chi connectivity index (χ1v) is 20.2. The van der Waals surface area contributed by atoms with Crippen LogP contribution in [0.1, 0.15) is 94.5 Å². The van der Waals surface area contributed by atoms with Crippen LogP contribution < -0.4 is 4.74 Å². The van der Waals surface area contributed by atoms with E-state index in [0.717, 1.165) is 19.3 Å². The second-order valence-electron chi connectivity index (χ2n) is 16.8. The third-order valence-electron chi connectivity index (χ3n) is 13.3. The van der Waals surface area contributed by atoms with Crippen molar-refractivity contribution >= 4 is 23.9 Å². The van der Waals surface area contributed by atoms with Gasteiger partial charge in [-0.15, -0.1) is 0 Å². The number of allylic oxidation sites excluding steroid dienone is 2. The number of benzene rings is 1. The lowest BCUT2D eigenvalue weighted by Crippen LogP contribution is -2.54. The van der Waals surface area contributed by atoms with E-state index in [1.807, 2.05) is 13.0 Å². The molecule has 12 atom stereocenters. The van der Waals surface area contributed by atoms with E-state index in [9.17, 15) is 34.5 Å². The van der Waals surface area contributed by atoms with Gasteiger partial charge in [0.05, 0.1) is 30.8 Å². The molecule has 308 valence electrons. The molecule has 13 heteroatoms. The summed E-state index contributed by atoms with van der Waals surface area (Å²) < 4.78 is 35.9. The van der Waals surface area contributed by atoms with Gasteiger partial charge in [0.1, 0.15) is 11.3 Å². The predicted octanol–water partition coefficient (Wildman–Crippen LogP) is 6.42. The number of ether oxygens (including phenoxy) is 6. The third kappa shape index (κ3) is 7.31. The van der Waals surface area contributed by atoms with Crippen LogP contribution in [0, 0.1) is 41.9 Å². The molecule has 1 saturated heterocycles. The van der Waals surface area contributed by atoms with Gasteiger partial charge >= 0.3 is 23.9 Å². The first-order valence-electron chi connectivity index (χ1n) is 20.2. The minimum absolute atomic E-state index is 0.00624. The van der Waals surface area contributed by atoms with Gasteiger partial charge in [-0.3, -0.25) is 4.79 Å². The Morgan fingerprint density at radius 2 is 1.81 bits per heavy atom. The van der Waals surface area contributed by atoms with Crippen molar-refractivity contribution in [2.45, 2.75) is 122 Å². The van der Waals surface area contributed by atoms with E-state index in [2.05, 4.69) is 12.2 Å². The minimum atomic E-state index is -1.60. The lowest BCUT2D eigenvalue weighted by atomic mass is 9.55. The van der Waals surface area contributed by atoms with Crippen molar-refractivity contribution in [2.24, 2.45) is 35.0 Å². The summed E-state index contributed by atoms with van der Waals surface area (Å²) in [5, 5.41) is 32.8. The van der Waals surface area contributed by atoms with E-state index in [1.54, 1.807) is 45.0 Å². The highest BCUT2D eigenvalue weighted by molar-refractivity contribution is 5.95. The molecule has 2 bridgehead atoms. The molecule has 1 aromatic carbocycles. The summed E-state index contributed by atoms with van der Waals surface area (Å²) >= 11 is 0. The Morgan fingerprint density at radius 1 is 1.02 bits per heavy atom. The minimum Gasteiger partial charge on any atom is -0.505 e. The van der Waals surface area contributed by atoms with E-state index in [-0.39, 0.29) is 47.8 Å². The Bertz CT molecular complexity index is 1880. The first kappa shape index (κ1) is 40.7. The second kappa shape index (κ2) is 16.1. The SMILES string of the molecule is COc1cccc(C)c1C(=O)O[C@@H]1[C@H](O)C[C@H](O[C@@H]2CCC[C@@H]3[C@@H]2C=C[C@@H]2CCCC/C=C/[C@@H]4C=C(C(=O)O)[C@H](C)C[C@@]45OC(=O)C(=C5O)OC(=O)[C@]23C)O[C@@H]1C. The molecular weight excluding hydrogens is 736 g/mol. The zero-order valence-corrected chi connectivity index (χ0v) is 33.2. The van der Waals surface area contributed by atoms with Gasteiger partial charge in [-0.1, -0.05) is 62.3 Å². The van der Waals surface area contributed by atoms with Crippen LogP contribution in [-0.2, 0) is 38.1 Å². The molecule has 0 amide bonds. The molecular formula is C44H54O13. The number of esters is 3. The van der Waals surface area contributed by atoms with Gasteiger partial charge in [0.25, 0.3) is 5.76 Å². The fourth-order valence-electron chi connectivity index (χ4n) is 10.2. The molecule has 1 spiro atoms. The molecule has 3 aliphatic heterocycles. The van der Waals surface area contributed by atoms with Crippen molar-refractivity contribution in [3.8, 4) is 5.75 Å². The second-order valence-corrected chi connectivity index (χ2v) is 16.8. The summed E-state index contributed by atoms with van der Waals surface area (Å²) in [5.74, 6) is -6.05. The summed E-state index contributed by atoms with van der Waals surface area (Å²) in [6, 6.07) is 5.24. The van der Waals surface area contributed by atoms with Gasteiger partial charge in [0.2, 0.25) is 0 Å². The van der Waals surface area contributed by atoms with Crippen molar-refractivity contribution in [3.05, 3.63) is 76.8 Å². The van der Waals surface area contributed by atoms with Crippen LogP contribution in [0.2, 0.25) is 0 Å². The van der Waals surface area contributed by atoms with Crippen LogP contribution >= 0.6 is 0 Å². The fourth-order valence-corrected chi connectivity index (χ4v) is 10.2. The van der Waals surface area contributed by atoms with Crippen LogP contribution in [-0.4, -0.2) is 82.6 Å². The smallest absolute Gasteiger partial charge is 0.379 e. The number of aliphatic hydroxyl groups is 2. The molecule has 13 nitrogen and oxygen atoms in total. The standard InChI is InChI=1S/C44H54O13/c1-23-12-10-17-33(52-5)35(23)40(49)55-36-25(3)53-34(21-31(36)45)54-32-16-11-15-30-28(32)19-18-26-13-8-6-7-9-14-27-20-29(39(47)48)24(2)22-44(27)38(46)37(41(50)57-44)56-42(51)43(26,30)4/h9-10,12,14,17-20,24-28,30-32,34,36,45-46H,6-8,11,13,15-16,21-22H2,1-5H3,(H,47,48)/b14-9+/t24-,25-,26+,27-,28+,30-,31-,32-,34+,36+,43-,44-/m1/s1. The number of methoxy groups -OCH3 is 1. The number of carboxylic acids is 1. The largest absolute Gasteiger partial charge is 0.505 e. The summed E-state index contributed by atoms with van der Waals surface area (Å²) in [6.45, 7) is 7.08. The van der Waals surface area contributed by atoms with Crippen molar-refractivity contribution in [1.82, 2.24) is 0 Å². The number of aliphatic hydroxyl groups excluding tert-OH is 2. The number of carbonyl (C=O) groups excluding carboxylic acids is 3. The molecule has 0 unspecified atom stereocenters. The van der Waals surface area contributed by atoms with Gasteiger partial charge in [-0.05, 0) is 82.3 Å². The summed E-state index contributed by atoms with van der Waals surface area (Å²) in [6.07, 6.45) is 10.6. The summed E-state index contributed by atoms with van der Waals surface area (Å²) in [5.41, 5.74) is -1.59. The Hall–Kier alpha value is -4.46. The summed E-state index contributed by atoms with van der Waals surface area (Å²) in [4.78, 5) is 53.5. The van der Waals surface area contributed by atoms with E-state index in [0.29, 0.717) is 37.0 Å². The average Bonchev–Trinajstić information content (AvgIpc) is 3.39. The lowest BCUT2D eigenvalue weighted by molar-refractivity contribution is -0.269. The molecule has 2 fully saturated rings. The number of fused-ring (bicyclic) bond motifs is 3. The van der Waals surface area contributed by atoms with Crippen LogP contribution in [0.3, 0.4) is 0 Å². The molecule has 3 N–H and O–H groups in total. The fraction of sp³-hybridized carbons (Fsp3) is 0.591. The Balaban J connectivity index is 1.11. The number of aliphatic carboxylic acids is 1. The molecule has 3 aliphatic carbocycles. The number of carbonyl (C=O) groups is 4. The molecule has 1 saturated carbocycles. The number of aryl methyl sites for hydroxylation is 1. The Labute approximate surface area is 332 Å². The average molecular weight is 791 g/mol. The molecule has 57 heavy (non-hydrogen) atoms. The molecule has 7 rings (SSSR count). The topological polar surface area (TPSA) is 184 Å². The monoisotopic (exact) mass is 790 g/mol.